The molecule has 0 aliphatic rings. The number of rotatable bonds is 4. The van der Waals surface area contributed by atoms with Crippen molar-refractivity contribution in [2.45, 2.75) is 6.54 Å². The van der Waals surface area contributed by atoms with Crippen molar-refractivity contribution in [3.8, 4) is 0 Å². The fourth-order valence-corrected chi connectivity index (χ4v) is 1.33. The van der Waals surface area contributed by atoms with Crippen LogP contribution >= 0.6 is 0 Å². The first kappa shape index (κ1) is 10.4. The normalized spacial score (nSPS) is 10.3. The van der Waals surface area contributed by atoms with E-state index in [-0.39, 0.29) is 5.91 Å². The number of aromatic nitrogens is 3. The summed E-state index contributed by atoms with van der Waals surface area (Å²) in [5, 5.41) is 0. The van der Waals surface area contributed by atoms with E-state index < -0.39 is 0 Å². The lowest BCUT2D eigenvalue weighted by atomic mass is 10.4. The SMILES string of the molecule is NCCn1cnc(C(=O)Nn2cccc2)c1. The Hall–Kier alpha value is -2.08. The van der Waals surface area contributed by atoms with Gasteiger partial charge in [0.05, 0.1) is 6.33 Å². The average Bonchev–Trinajstić information content (AvgIpc) is 2.89. The average molecular weight is 219 g/mol. The highest BCUT2D eigenvalue weighted by Gasteiger charge is 2.08. The summed E-state index contributed by atoms with van der Waals surface area (Å²) >= 11 is 0. The van der Waals surface area contributed by atoms with Crippen molar-refractivity contribution in [1.82, 2.24) is 14.2 Å². The maximum Gasteiger partial charge on any atom is 0.290 e. The molecule has 1 amide bonds. The van der Waals surface area contributed by atoms with Gasteiger partial charge in [0.15, 0.2) is 0 Å². The van der Waals surface area contributed by atoms with Crippen LogP contribution in [0.2, 0.25) is 0 Å². The van der Waals surface area contributed by atoms with Gasteiger partial charge in [-0.1, -0.05) is 0 Å². The summed E-state index contributed by atoms with van der Waals surface area (Å²) in [7, 11) is 0. The number of nitrogens with zero attached hydrogens (tertiary/aromatic N) is 3. The van der Waals surface area contributed by atoms with Gasteiger partial charge in [-0.25, -0.2) is 4.98 Å². The van der Waals surface area contributed by atoms with Gasteiger partial charge in [0.2, 0.25) is 0 Å². The van der Waals surface area contributed by atoms with E-state index in [1.54, 1.807) is 34.2 Å². The molecule has 0 fully saturated rings. The Balaban J connectivity index is 2.03. The van der Waals surface area contributed by atoms with Gasteiger partial charge in [-0.3, -0.25) is 14.9 Å². The minimum atomic E-state index is -0.244. The van der Waals surface area contributed by atoms with Crippen molar-refractivity contribution in [2.24, 2.45) is 5.73 Å². The van der Waals surface area contributed by atoms with Crippen molar-refractivity contribution in [1.29, 1.82) is 0 Å². The van der Waals surface area contributed by atoms with E-state index in [1.165, 1.54) is 0 Å². The second-order valence-corrected chi connectivity index (χ2v) is 3.32. The fraction of sp³-hybridized carbons (Fsp3) is 0.200. The monoisotopic (exact) mass is 219 g/mol. The number of carbonyl (C=O) groups is 1. The van der Waals surface area contributed by atoms with Gasteiger partial charge in [0.1, 0.15) is 5.69 Å². The molecular weight excluding hydrogens is 206 g/mol. The summed E-state index contributed by atoms with van der Waals surface area (Å²) in [5.41, 5.74) is 8.44. The predicted molar refractivity (Wildman–Crippen MR) is 59.4 cm³/mol. The number of imidazole rings is 1. The molecule has 0 spiro atoms. The van der Waals surface area contributed by atoms with E-state index in [4.69, 9.17) is 5.73 Å². The summed E-state index contributed by atoms with van der Waals surface area (Å²) in [6.45, 7) is 1.18. The molecular formula is C10H13N5O. The molecule has 0 saturated carbocycles. The zero-order chi connectivity index (χ0) is 11.4. The minimum Gasteiger partial charge on any atom is -0.335 e. The Morgan fingerprint density at radius 1 is 1.44 bits per heavy atom. The topological polar surface area (TPSA) is 77.9 Å². The van der Waals surface area contributed by atoms with Gasteiger partial charge in [-0.15, -0.1) is 0 Å². The number of amides is 1. The largest absolute Gasteiger partial charge is 0.335 e. The molecule has 0 saturated heterocycles. The van der Waals surface area contributed by atoms with Crippen LogP contribution < -0.4 is 11.2 Å². The van der Waals surface area contributed by atoms with Crippen LogP contribution in [0.5, 0.6) is 0 Å². The quantitative estimate of drug-likeness (QED) is 0.761. The highest BCUT2D eigenvalue weighted by atomic mass is 16.2. The Labute approximate surface area is 92.7 Å². The maximum atomic E-state index is 11.7. The van der Waals surface area contributed by atoms with Gasteiger partial charge in [0.25, 0.3) is 5.91 Å². The molecule has 0 aromatic carbocycles. The molecule has 2 rings (SSSR count). The van der Waals surface area contributed by atoms with Gasteiger partial charge < -0.3 is 10.3 Å². The highest BCUT2D eigenvalue weighted by Crippen LogP contribution is 1.97. The number of nitrogens with one attached hydrogen (secondary N) is 1. The molecule has 2 heterocycles. The number of nitrogens with two attached hydrogens (primary N) is 1. The Bertz CT molecular complexity index is 459. The van der Waals surface area contributed by atoms with Crippen LogP contribution in [0, 0.1) is 0 Å². The van der Waals surface area contributed by atoms with Crippen molar-refractivity contribution >= 4 is 5.91 Å². The zero-order valence-electron chi connectivity index (χ0n) is 8.71. The first-order valence-electron chi connectivity index (χ1n) is 4.96. The third-order valence-corrected chi connectivity index (χ3v) is 2.09. The molecule has 16 heavy (non-hydrogen) atoms. The van der Waals surface area contributed by atoms with E-state index >= 15 is 0 Å². The minimum absolute atomic E-state index is 0.244. The van der Waals surface area contributed by atoms with Crippen LogP contribution in [0.15, 0.2) is 37.1 Å². The van der Waals surface area contributed by atoms with Crippen LogP contribution in [0.25, 0.3) is 0 Å². The summed E-state index contributed by atoms with van der Waals surface area (Å²) in [4.78, 5) is 15.7. The second-order valence-electron chi connectivity index (χ2n) is 3.32. The van der Waals surface area contributed by atoms with E-state index in [1.807, 2.05) is 12.1 Å². The Morgan fingerprint density at radius 3 is 2.88 bits per heavy atom. The van der Waals surface area contributed by atoms with Crippen molar-refractivity contribution in [3.63, 3.8) is 0 Å². The smallest absolute Gasteiger partial charge is 0.290 e. The third-order valence-electron chi connectivity index (χ3n) is 2.09. The zero-order valence-corrected chi connectivity index (χ0v) is 8.71. The standard InChI is InChI=1S/C10H13N5O/c11-3-6-14-7-9(12-8-14)10(16)13-15-4-1-2-5-15/h1-2,4-5,7-8H,3,6,11H2,(H,13,16). The number of hydrogen-bond acceptors (Lipinski definition) is 3. The van der Waals surface area contributed by atoms with Gasteiger partial charge in [-0.2, -0.15) is 0 Å². The summed E-state index contributed by atoms with van der Waals surface area (Å²) < 4.78 is 3.36. The van der Waals surface area contributed by atoms with Crippen LogP contribution in [-0.2, 0) is 6.54 Å². The Kier molecular flexibility index (Phi) is 3.02. The lowest BCUT2D eigenvalue weighted by Gasteiger charge is -2.02. The number of carbonyl (C=O) groups excluding carboxylic acids is 1. The molecule has 0 bridgehead atoms. The van der Waals surface area contributed by atoms with E-state index in [9.17, 15) is 4.79 Å². The van der Waals surface area contributed by atoms with Crippen LogP contribution in [-0.4, -0.2) is 26.7 Å². The lowest BCUT2D eigenvalue weighted by Crippen LogP contribution is -2.21. The van der Waals surface area contributed by atoms with Crippen molar-refractivity contribution < 1.29 is 4.79 Å². The van der Waals surface area contributed by atoms with Crippen LogP contribution in [0.1, 0.15) is 10.5 Å². The van der Waals surface area contributed by atoms with Gasteiger partial charge >= 0.3 is 0 Å². The van der Waals surface area contributed by atoms with Crippen molar-refractivity contribution in [2.75, 3.05) is 12.0 Å². The van der Waals surface area contributed by atoms with Crippen LogP contribution in [0.3, 0.4) is 0 Å². The lowest BCUT2D eigenvalue weighted by molar-refractivity contribution is 0.100. The third kappa shape index (κ3) is 2.29. The summed E-state index contributed by atoms with van der Waals surface area (Å²) in [6, 6.07) is 3.65. The van der Waals surface area contributed by atoms with E-state index in [0.29, 0.717) is 18.8 Å². The maximum absolute atomic E-state index is 11.7. The molecule has 0 aliphatic heterocycles. The van der Waals surface area contributed by atoms with Crippen LogP contribution in [0.4, 0.5) is 0 Å². The molecule has 0 unspecified atom stereocenters. The van der Waals surface area contributed by atoms with E-state index in [2.05, 4.69) is 10.4 Å². The predicted octanol–water partition coefficient (Wildman–Crippen LogP) is 0.0272. The number of hydrogen-bond donors (Lipinski definition) is 2. The first-order valence-corrected chi connectivity index (χ1v) is 4.96. The Morgan fingerprint density at radius 2 is 2.19 bits per heavy atom. The highest BCUT2D eigenvalue weighted by molar-refractivity contribution is 5.98. The van der Waals surface area contributed by atoms with E-state index in [0.717, 1.165) is 0 Å². The molecule has 6 heteroatoms. The first-order chi connectivity index (χ1) is 7.79. The summed E-state index contributed by atoms with van der Waals surface area (Å²) in [5.74, 6) is -0.244. The molecule has 0 radical (unpaired) electrons. The molecule has 84 valence electrons. The second kappa shape index (κ2) is 4.63. The molecule has 6 nitrogen and oxygen atoms in total. The molecule has 2 aromatic heterocycles. The molecule has 3 N–H and O–H groups in total. The summed E-state index contributed by atoms with van der Waals surface area (Å²) in [6.07, 6.45) is 6.76. The molecule has 0 atom stereocenters. The van der Waals surface area contributed by atoms with Gasteiger partial charge in [-0.05, 0) is 12.1 Å². The molecule has 2 aromatic rings. The van der Waals surface area contributed by atoms with Crippen molar-refractivity contribution in [3.05, 3.63) is 42.7 Å². The van der Waals surface area contributed by atoms with Gasteiger partial charge in [0, 0.05) is 31.7 Å². The fourth-order valence-electron chi connectivity index (χ4n) is 1.33. The molecule has 0 aliphatic carbocycles.